The number of aromatic amines is 2. The zero-order chi connectivity index (χ0) is 25.9. The number of ether oxygens (including phenoxy) is 1. The first-order valence-electron chi connectivity index (χ1n) is 12.8. The zero-order valence-corrected chi connectivity index (χ0v) is 21.3. The van der Waals surface area contributed by atoms with Gasteiger partial charge in [-0.2, -0.15) is 4.98 Å². The van der Waals surface area contributed by atoms with Crippen LogP contribution in [0.25, 0.3) is 21.8 Å². The maximum absolute atomic E-state index is 6.57. The molecule has 3 aromatic heterocycles. The fourth-order valence-corrected chi connectivity index (χ4v) is 4.97. The van der Waals surface area contributed by atoms with Gasteiger partial charge in [-0.1, -0.05) is 36.4 Å². The topological polar surface area (TPSA) is 105 Å². The highest BCUT2D eigenvalue weighted by Crippen LogP contribution is 2.26. The second-order valence-corrected chi connectivity index (χ2v) is 9.50. The molecule has 6 aromatic rings. The van der Waals surface area contributed by atoms with E-state index in [9.17, 15) is 0 Å². The Balaban J connectivity index is 1.25. The summed E-state index contributed by atoms with van der Waals surface area (Å²) >= 11 is 0. The van der Waals surface area contributed by atoms with Gasteiger partial charge in [-0.15, -0.1) is 0 Å². The monoisotopic (exact) mass is 502 g/mol. The van der Waals surface area contributed by atoms with E-state index >= 15 is 0 Å². The summed E-state index contributed by atoms with van der Waals surface area (Å²) in [5.41, 5.74) is 14.3. The van der Waals surface area contributed by atoms with E-state index in [0.29, 0.717) is 31.2 Å². The van der Waals surface area contributed by atoms with Crippen LogP contribution < -0.4 is 15.8 Å². The number of hydrogen-bond acceptors (Lipinski definition) is 5. The highest BCUT2D eigenvalue weighted by molar-refractivity contribution is 5.84. The Hall–Kier alpha value is -4.78. The first-order valence-corrected chi connectivity index (χ1v) is 12.8. The van der Waals surface area contributed by atoms with Crippen molar-refractivity contribution < 1.29 is 4.74 Å². The van der Waals surface area contributed by atoms with Crippen molar-refractivity contribution in [2.24, 2.45) is 0 Å². The molecule has 6 rings (SSSR count). The molecule has 0 saturated carbocycles. The van der Waals surface area contributed by atoms with Gasteiger partial charge in [-0.3, -0.25) is 0 Å². The molecule has 3 heterocycles. The quantitative estimate of drug-likeness (QED) is 0.198. The zero-order valence-electron chi connectivity index (χ0n) is 21.3. The fraction of sp³-hybridized carbons (Fsp3) is 0.161. The van der Waals surface area contributed by atoms with E-state index in [1.54, 1.807) is 7.11 Å². The normalized spacial score (nSPS) is 11.3. The third-order valence-electron chi connectivity index (χ3n) is 6.99. The minimum atomic E-state index is 0.513. The van der Waals surface area contributed by atoms with Gasteiger partial charge in [-0.25, -0.2) is 4.98 Å². The SMILES string of the molecule is COc1ccc2[nH]cc(CCNc3nc(N)c(Cc4ccc5[nH]ccc5c4)c(Cc4ccccc4)n3)c2c1. The van der Waals surface area contributed by atoms with Gasteiger partial charge in [0.05, 0.1) is 12.8 Å². The van der Waals surface area contributed by atoms with Crippen LogP contribution in [0, 0.1) is 0 Å². The second-order valence-electron chi connectivity index (χ2n) is 9.50. The van der Waals surface area contributed by atoms with Gasteiger partial charge in [0.15, 0.2) is 0 Å². The highest BCUT2D eigenvalue weighted by Gasteiger charge is 2.15. The molecule has 3 aromatic carbocycles. The molecule has 0 saturated heterocycles. The lowest BCUT2D eigenvalue weighted by Gasteiger charge is -2.15. The summed E-state index contributed by atoms with van der Waals surface area (Å²) in [5.74, 6) is 1.91. The van der Waals surface area contributed by atoms with Gasteiger partial charge in [0, 0.05) is 53.8 Å². The van der Waals surface area contributed by atoms with E-state index in [1.807, 2.05) is 30.6 Å². The van der Waals surface area contributed by atoms with Crippen LogP contribution in [0.1, 0.15) is 27.9 Å². The Bertz CT molecular complexity index is 1700. The first-order chi connectivity index (χ1) is 18.7. The number of aromatic nitrogens is 4. The number of H-pyrrole nitrogens is 2. The van der Waals surface area contributed by atoms with Gasteiger partial charge in [0.1, 0.15) is 11.6 Å². The number of fused-ring (bicyclic) bond motifs is 2. The van der Waals surface area contributed by atoms with E-state index in [1.165, 1.54) is 22.1 Å². The van der Waals surface area contributed by atoms with E-state index in [4.69, 9.17) is 15.5 Å². The largest absolute Gasteiger partial charge is 0.497 e. The lowest BCUT2D eigenvalue weighted by atomic mass is 9.99. The van der Waals surface area contributed by atoms with Crippen LogP contribution in [0.5, 0.6) is 5.75 Å². The Morgan fingerprint density at radius 3 is 2.61 bits per heavy atom. The van der Waals surface area contributed by atoms with Gasteiger partial charge >= 0.3 is 0 Å². The average molecular weight is 503 g/mol. The van der Waals surface area contributed by atoms with Crippen molar-refractivity contribution in [3.8, 4) is 5.75 Å². The molecule has 0 unspecified atom stereocenters. The molecular weight excluding hydrogens is 472 g/mol. The number of rotatable bonds is 9. The molecule has 0 bridgehead atoms. The summed E-state index contributed by atoms with van der Waals surface area (Å²) in [6, 6.07) is 24.9. The molecule has 0 amide bonds. The first kappa shape index (κ1) is 23.6. The van der Waals surface area contributed by atoms with E-state index in [0.717, 1.165) is 39.8 Å². The summed E-state index contributed by atoms with van der Waals surface area (Å²) in [7, 11) is 1.69. The molecule has 0 atom stereocenters. The van der Waals surface area contributed by atoms with Gasteiger partial charge in [-0.05, 0) is 64.9 Å². The molecule has 0 spiro atoms. The van der Waals surface area contributed by atoms with Crippen LogP contribution in [-0.2, 0) is 19.3 Å². The van der Waals surface area contributed by atoms with E-state index in [-0.39, 0.29) is 0 Å². The maximum atomic E-state index is 6.57. The summed E-state index contributed by atoms with van der Waals surface area (Å²) in [6.45, 7) is 0.678. The van der Waals surface area contributed by atoms with E-state index in [2.05, 4.69) is 74.9 Å². The fourth-order valence-electron chi connectivity index (χ4n) is 4.97. The summed E-state index contributed by atoms with van der Waals surface area (Å²) in [5, 5.41) is 5.74. The number of nitrogens with zero attached hydrogens (tertiary/aromatic N) is 2. The number of benzene rings is 3. The number of nitrogen functional groups attached to an aromatic ring is 1. The molecule has 5 N–H and O–H groups in total. The molecule has 0 fully saturated rings. The summed E-state index contributed by atoms with van der Waals surface area (Å²) < 4.78 is 5.40. The van der Waals surface area contributed by atoms with Crippen molar-refractivity contribution in [3.05, 3.63) is 113 Å². The Labute approximate surface area is 221 Å². The maximum Gasteiger partial charge on any atom is 0.224 e. The molecule has 190 valence electrons. The lowest BCUT2D eigenvalue weighted by Crippen LogP contribution is -2.14. The number of hydrogen-bond donors (Lipinski definition) is 4. The van der Waals surface area contributed by atoms with E-state index < -0.39 is 0 Å². The Morgan fingerprint density at radius 2 is 1.74 bits per heavy atom. The van der Waals surface area contributed by atoms with Crippen molar-refractivity contribution in [2.75, 3.05) is 24.7 Å². The predicted octanol–water partition coefficient (Wildman–Crippen LogP) is 5.87. The number of nitrogens with two attached hydrogens (primary N) is 1. The molecule has 0 aliphatic carbocycles. The molecule has 0 aliphatic rings. The number of nitrogens with one attached hydrogen (secondary N) is 3. The average Bonchev–Trinajstić information content (AvgIpc) is 3.57. The molecular formula is C31H30N6O. The van der Waals surface area contributed by atoms with Crippen molar-refractivity contribution in [2.45, 2.75) is 19.3 Å². The molecule has 7 nitrogen and oxygen atoms in total. The smallest absolute Gasteiger partial charge is 0.224 e. The second kappa shape index (κ2) is 10.3. The summed E-state index contributed by atoms with van der Waals surface area (Å²) in [4.78, 5) is 16.2. The van der Waals surface area contributed by atoms with Gasteiger partial charge in [0.25, 0.3) is 0 Å². The Kier molecular flexibility index (Phi) is 6.40. The standard InChI is InChI=1S/C31H30N6O/c1-38-24-8-10-28-25(18-24)23(19-35-28)12-14-34-31-36-29(17-20-5-3-2-4-6-20)26(30(32)37-31)16-21-7-9-27-22(15-21)11-13-33-27/h2-11,13,15,18-19,33,35H,12,14,16-17H2,1H3,(H3,32,34,36,37). The molecule has 0 aliphatic heterocycles. The third-order valence-corrected chi connectivity index (χ3v) is 6.99. The highest BCUT2D eigenvalue weighted by atomic mass is 16.5. The third kappa shape index (κ3) is 4.91. The lowest BCUT2D eigenvalue weighted by molar-refractivity contribution is 0.415. The minimum absolute atomic E-state index is 0.513. The van der Waals surface area contributed by atoms with Crippen LogP contribution in [-0.4, -0.2) is 33.6 Å². The molecule has 7 heteroatoms. The minimum Gasteiger partial charge on any atom is -0.497 e. The van der Waals surface area contributed by atoms with Crippen LogP contribution in [0.4, 0.5) is 11.8 Å². The van der Waals surface area contributed by atoms with Crippen molar-refractivity contribution in [1.29, 1.82) is 0 Å². The van der Waals surface area contributed by atoms with Crippen molar-refractivity contribution in [3.63, 3.8) is 0 Å². The van der Waals surface area contributed by atoms with Gasteiger partial charge in [0.2, 0.25) is 5.95 Å². The van der Waals surface area contributed by atoms with Crippen LogP contribution >= 0.6 is 0 Å². The molecule has 38 heavy (non-hydrogen) atoms. The number of anilines is 2. The van der Waals surface area contributed by atoms with Crippen LogP contribution in [0.3, 0.4) is 0 Å². The van der Waals surface area contributed by atoms with Crippen LogP contribution in [0.15, 0.2) is 85.2 Å². The summed E-state index contributed by atoms with van der Waals surface area (Å²) in [6.07, 6.45) is 6.17. The van der Waals surface area contributed by atoms with Gasteiger partial charge < -0.3 is 25.8 Å². The van der Waals surface area contributed by atoms with Crippen molar-refractivity contribution >= 4 is 33.6 Å². The number of methoxy groups -OCH3 is 1. The Morgan fingerprint density at radius 1 is 0.868 bits per heavy atom. The van der Waals surface area contributed by atoms with Crippen LogP contribution in [0.2, 0.25) is 0 Å². The molecule has 0 radical (unpaired) electrons. The predicted molar refractivity (Wildman–Crippen MR) is 154 cm³/mol. The van der Waals surface area contributed by atoms with Crippen molar-refractivity contribution in [1.82, 2.24) is 19.9 Å².